The fourth-order valence-electron chi connectivity index (χ4n) is 3.59. The van der Waals surface area contributed by atoms with Crippen molar-refractivity contribution >= 4 is 16.9 Å². The minimum Gasteiger partial charge on any atom is -0.497 e. The highest BCUT2D eigenvalue weighted by Gasteiger charge is 2.20. The molecule has 5 rings (SSSR count). The van der Waals surface area contributed by atoms with Crippen LogP contribution in [0.2, 0.25) is 0 Å². The zero-order valence-corrected chi connectivity index (χ0v) is 18.2. The van der Waals surface area contributed by atoms with Crippen molar-refractivity contribution < 1.29 is 18.7 Å². The van der Waals surface area contributed by atoms with E-state index in [4.69, 9.17) is 13.9 Å². The quantitative estimate of drug-likeness (QED) is 0.278. The van der Waals surface area contributed by atoms with Gasteiger partial charge in [0, 0.05) is 28.6 Å². The average Bonchev–Trinajstić information content (AvgIpc) is 3.33. The van der Waals surface area contributed by atoms with E-state index in [1.165, 1.54) is 13.2 Å². The first-order valence-electron chi connectivity index (χ1n) is 10.5. The fraction of sp³-hybridized carbons (Fsp3) is 0.0769. The van der Waals surface area contributed by atoms with Crippen molar-refractivity contribution in [2.75, 3.05) is 7.11 Å². The maximum absolute atomic E-state index is 12.9. The molecular weight excluding hydrogens is 434 g/mol. The van der Waals surface area contributed by atoms with Gasteiger partial charge < -0.3 is 13.9 Å². The number of carbonyl (C=O) groups excluding carboxylic acids is 1. The second kappa shape index (κ2) is 9.03. The number of hydrogen-bond donors (Lipinski definition) is 0. The number of para-hydroxylation sites is 1. The maximum atomic E-state index is 12.9. The van der Waals surface area contributed by atoms with Gasteiger partial charge in [0.2, 0.25) is 0 Å². The number of fused-ring (bicyclic) bond motifs is 1. The molecule has 0 amide bonds. The molecule has 0 saturated heterocycles. The Morgan fingerprint density at radius 3 is 2.44 bits per heavy atom. The molecule has 0 atom stereocenters. The van der Waals surface area contributed by atoms with Gasteiger partial charge in [-0.2, -0.15) is 0 Å². The largest absolute Gasteiger partial charge is 0.497 e. The molecule has 0 unspecified atom stereocenters. The summed E-state index contributed by atoms with van der Waals surface area (Å²) in [5.41, 5.74) is 1.86. The van der Waals surface area contributed by atoms with Crippen LogP contribution in [-0.4, -0.2) is 27.8 Å². The highest BCUT2D eigenvalue weighted by atomic mass is 16.5. The van der Waals surface area contributed by atoms with E-state index in [1.54, 1.807) is 22.9 Å². The molecule has 34 heavy (non-hydrogen) atoms. The van der Waals surface area contributed by atoms with E-state index in [2.05, 4.69) is 10.1 Å². The Kier molecular flexibility index (Phi) is 5.61. The van der Waals surface area contributed by atoms with E-state index in [9.17, 15) is 9.59 Å². The summed E-state index contributed by atoms with van der Waals surface area (Å²) in [5, 5.41) is 5.05. The van der Waals surface area contributed by atoms with Crippen LogP contribution < -0.4 is 10.4 Å². The minimum absolute atomic E-state index is 0.0864. The Hall–Kier alpha value is -4.72. The van der Waals surface area contributed by atoms with Gasteiger partial charge in [-0.05, 0) is 24.3 Å². The van der Waals surface area contributed by atoms with E-state index >= 15 is 0 Å². The van der Waals surface area contributed by atoms with Crippen LogP contribution in [0.25, 0.3) is 28.0 Å². The molecule has 0 aliphatic carbocycles. The van der Waals surface area contributed by atoms with Crippen LogP contribution in [0.15, 0.2) is 94.1 Å². The SMILES string of the molecule is COc1ccc2c(COC(=O)c3nc(-c4ccccc4)n(-c4ccccc4)n3)cc(=O)oc2c1. The van der Waals surface area contributed by atoms with Crippen molar-refractivity contribution in [1.82, 2.24) is 14.8 Å². The monoisotopic (exact) mass is 453 g/mol. The van der Waals surface area contributed by atoms with Crippen molar-refractivity contribution in [2.24, 2.45) is 0 Å². The van der Waals surface area contributed by atoms with Crippen molar-refractivity contribution in [3.63, 3.8) is 0 Å². The van der Waals surface area contributed by atoms with Gasteiger partial charge in [-0.1, -0.05) is 48.5 Å². The molecule has 3 aromatic carbocycles. The number of carbonyl (C=O) groups is 1. The standard InChI is InChI=1S/C26H19N3O5/c1-32-20-12-13-21-18(14-23(30)34-22(21)15-20)16-33-26(31)24-27-25(17-8-4-2-5-9-17)29(28-24)19-10-6-3-7-11-19/h2-15H,16H2,1H3. The summed E-state index contributed by atoms with van der Waals surface area (Å²) in [6.45, 7) is -0.145. The molecule has 168 valence electrons. The number of esters is 1. The van der Waals surface area contributed by atoms with E-state index in [0.717, 1.165) is 11.3 Å². The molecule has 2 heterocycles. The Balaban J connectivity index is 1.46. The van der Waals surface area contributed by atoms with E-state index in [0.29, 0.717) is 28.1 Å². The first-order valence-corrected chi connectivity index (χ1v) is 10.5. The first-order chi connectivity index (χ1) is 16.6. The summed E-state index contributed by atoms with van der Waals surface area (Å²) in [4.78, 5) is 29.3. The van der Waals surface area contributed by atoms with Crippen molar-refractivity contribution in [2.45, 2.75) is 6.61 Å². The van der Waals surface area contributed by atoms with Crippen LogP contribution in [-0.2, 0) is 11.3 Å². The predicted octanol–water partition coefficient (Wildman–Crippen LogP) is 4.41. The van der Waals surface area contributed by atoms with E-state index in [1.807, 2.05) is 60.7 Å². The summed E-state index contributed by atoms with van der Waals surface area (Å²) >= 11 is 0. The minimum atomic E-state index is -0.707. The van der Waals surface area contributed by atoms with Gasteiger partial charge in [0.05, 0.1) is 12.8 Å². The number of aromatic nitrogens is 3. The lowest BCUT2D eigenvalue weighted by Crippen LogP contribution is -2.10. The fourth-order valence-corrected chi connectivity index (χ4v) is 3.59. The summed E-state index contributed by atoms with van der Waals surface area (Å²) in [6.07, 6.45) is 0. The molecule has 0 aliphatic rings. The lowest BCUT2D eigenvalue weighted by Gasteiger charge is -2.07. The zero-order valence-electron chi connectivity index (χ0n) is 18.2. The summed E-state index contributed by atoms with van der Waals surface area (Å²) in [6, 6.07) is 25.3. The average molecular weight is 453 g/mol. The normalized spacial score (nSPS) is 10.9. The van der Waals surface area contributed by atoms with Gasteiger partial charge in [0.25, 0.3) is 5.82 Å². The van der Waals surface area contributed by atoms with E-state index < -0.39 is 11.6 Å². The van der Waals surface area contributed by atoms with E-state index in [-0.39, 0.29) is 12.4 Å². The zero-order chi connectivity index (χ0) is 23.5. The molecule has 2 aromatic heterocycles. The molecule has 0 spiro atoms. The van der Waals surface area contributed by atoms with Crippen LogP contribution >= 0.6 is 0 Å². The Morgan fingerprint density at radius 1 is 0.971 bits per heavy atom. The lowest BCUT2D eigenvalue weighted by atomic mass is 10.1. The molecule has 8 nitrogen and oxygen atoms in total. The Morgan fingerprint density at radius 2 is 1.71 bits per heavy atom. The first kappa shape index (κ1) is 21.1. The molecular formula is C26H19N3O5. The Labute approximate surface area is 194 Å². The predicted molar refractivity (Wildman–Crippen MR) is 125 cm³/mol. The van der Waals surface area contributed by atoms with Crippen LogP contribution in [0.1, 0.15) is 16.2 Å². The highest BCUT2D eigenvalue weighted by Crippen LogP contribution is 2.24. The molecule has 0 saturated carbocycles. The molecule has 5 aromatic rings. The summed E-state index contributed by atoms with van der Waals surface area (Å²) in [7, 11) is 1.52. The van der Waals surface area contributed by atoms with Crippen LogP contribution in [0, 0.1) is 0 Å². The maximum Gasteiger partial charge on any atom is 0.378 e. The molecule has 0 radical (unpaired) electrons. The smallest absolute Gasteiger partial charge is 0.378 e. The molecule has 8 heteroatoms. The summed E-state index contributed by atoms with van der Waals surface area (Å²) in [5.74, 6) is 0.268. The number of methoxy groups -OCH3 is 1. The van der Waals surface area contributed by atoms with Gasteiger partial charge >= 0.3 is 11.6 Å². The number of hydrogen-bond acceptors (Lipinski definition) is 7. The highest BCUT2D eigenvalue weighted by molar-refractivity contribution is 5.86. The van der Waals surface area contributed by atoms with Gasteiger partial charge in [-0.3, -0.25) is 0 Å². The van der Waals surface area contributed by atoms with Crippen LogP contribution in [0.4, 0.5) is 0 Å². The van der Waals surface area contributed by atoms with Gasteiger partial charge in [-0.15, -0.1) is 5.10 Å². The van der Waals surface area contributed by atoms with Gasteiger partial charge in [-0.25, -0.2) is 19.3 Å². The van der Waals surface area contributed by atoms with Crippen molar-refractivity contribution in [1.29, 1.82) is 0 Å². The van der Waals surface area contributed by atoms with Crippen LogP contribution in [0.5, 0.6) is 5.75 Å². The molecule has 0 aliphatic heterocycles. The second-order valence-electron chi connectivity index (χ2n) is 7.40. The van der Waals surface area contributed by atoms with Gasteiger partial charge in [0.1, 0.15) is 17.9 Å². The Bertz CT molecular complexity index is 1470. The molecule has 0 bridgehead atoms. The molecule has 0 fully saturated rings. The lowest BCUT2D eigenvalue weighted by molar-refractivity contribution is 0.0459. The third-order valence-corrected chi connectivity index (χ3v) is 5.22. The number of nitrogens with zero attached hydrogens (tertiary/aromatic N) is 3. The third-order valence-electron chi connectivity index (χ3n) is 5.22. The van der Waals surface area contributed by atoms with Crippen molar-refractivity contribution in [3.05, 3.63) is 107 Å². The van der Waals surface area contributed by atoms with Crippen LogP contribution in [0.3, 0.4) is 0 Å². The number of rotatable bonds is 6. The number of benzene rings is 3. The second-order valence-corrected chi connectivity index (χ2v) is 7.40. The summed E-state index contributed by atoms with van der Waals surface area (Å²) < 4.78 is 17.5. The number of ether oxygens (including phenoxy) is 2. The van der Waals surface area contributed by atoms with Gasteiger partial charge in [0.15, 0.2) is 5.82 Å². The topological polar surface area (TPSA) is 96.5 Å². The molecule has 0 N–H and O–H groups in total. The van der Waals surface area contributed by atoms with Crippen molar-refractivity contribution in [3.8, 4) is 22.8 Å². The third kappa shape index (κ3) is 4.16.